The lowest BCUT2D eigenvalue weighted by molar-refractivity contribution is -0.295. The van der Waals surface area contributed by atoms with Crippen LogP contribution in [0.15, 0.2) is 0 Å². The molecule has 1 unspecified atom stereocenters. The molecule has 0 radical (unpaired) electrons. The van der Waals surface area contributed by atoms with Gasteiger partial charge in [0.2, 0.25) is 11.8 Å². The molecule has 11 heteroatoms. The van der Waals surface area contributed by atoms with Gasteiger partial charge in [-0.1, -0.05) is 0 Å². The van der Waals surface area contributed by atoms with Crippen LogP contribution in [0.25, 0.3) is 0 Å². The van der Waals surface area contributed by atoms with Gasteiger partial charge < -0.3 is 41.0 Å². The maximum atomic E-state index is 11.8. The van der Waals surface area contributed by atoms with E-state index in [2.05, 4.69) is 10.1 Å². The second-order valence-corrected chi connectivity index (χ2v) is 5.42. The molecule has 24 heavy (non-hydrogen) atoms. The summed E-state index contributed by atoms with van der Waals surface area (Å²) in [6.45, 7) is 2.50. The Bertz CT molecular complexity index is 500. The van der Waals surface area contributed by atoms with Crippen LogP contribution in [-0.2, 0) is 23.9 Å². The quantitative estimate of drug-likeness (QED) is 0.260. The Balaban J connectivity index is 3.14. The fourth-order valence-corrected chi connectivity index (χ4v) is 2.39. The van der Waals surface area contributed by atoms with Gasteiger partial charge in [-0.2, -0.15) is 0 Å². The summed E-state index contributed by atoms with van der Waals surface area (Å²) < 4.78 is 9.73. The topological polar surface area (TPSA) is 189 Å². The van der Waals surface area contributed by atoms with Gasteiger partial charge in [-0.3, -0.25) is 9.59 Å². The monoisotopic (exact) mass is 350 g/mol. The van der Waals surface area contributed by atoms with Crippen LogP contribution < -0.4 is 11.1 Å². The molecule has 0 aliphatic carbocycles. The summed E-state index contributed by atoms with van der Waals surface area (Å²) in [7, 11) is 0. The van der Waals surface area contributed by atoms with Crippen LogP contribution in [0, 0.1) is 0 Å². The highest BCUT2D eigenvalue weighted by Crippen LogP contribution is 2.31. The molecule has 138 valence electrons. The van der Waals surface area contributed by atoms with Gasteiger partial charge >= 0.3 is 5.97 Å². The van der Waals surface area contributed by atoms with E-state index in [1.807, 2.05) is 0 Å². The lowest BCUT2D eigenvalue weighted by atomic mass is 9.88. The third kappa shape index (κ3) is 4.39. The summed E-state index contributed by atoms with van der Waals surface area (Å²) in [5, 5.41) is 42.3. The number of nitrogens with one attached hydrogen (secondary N) is 1. The van der Waals surface area contributed by atoms with Crippen molar-refractivity contribution in [1.29, 1.82) is 0 Å². The standard InChI is InChI=1S/C13H22N2O9/c1-3-23-12(21)13(22)4-6(17)7(15-5(2)16)10(24-13)8(18)9(19)11(14)20/h6-10,17-19,22H,3-4H2,1-2H3,(H2,14,20)(H,15,16)/t6-,7+,8+,9-,10?,13-/m0/s1. The lowest BCUT2D eigenvalue weighted by Crippen LogP contribution is -2.68. The molecule has 1 rings (SSSR count). The van der Waals surface area contributed by atoms with E-state index in [9.17, 15) is 34.8 Å². The average molecular weight is 350 g/mol. The third-order valence-corrected chi connectivity index (χ3v) is 3.50. The first-order chi connectivity index (χ1) is 11.0. The largest absolute Gasteiger partial charge is 0.462 e. The molecule has 1 aliphatic heterocycles. The van der Waals surface area contributed by atoms with Crippen molar-refractivity contribution in [2.75, 3.05) is 6.61 Å². The van der Waals surface area contributed by atoms with Gasteiger partial charge in [0, 0.05) is 13.3 Å². The van der Waals surface area contributed by atoms with E-state index < -0.39 is 60.4 Å². The Morgan fingerprint density at radius 2 is 2.00 bits per heavy atom. The summed E-state index contributed by atoms with van der Waals surface area (Å²) in [6, 6.07) is -1.32. The van der Waals surface area contributed by atoms with Gasteiger partial charge in [0.25, 0.3) is 5.79 Å². The van der Waals surface area contributed by atoms with Gasteiger partial charge in [0.15, 0.2) is 6.10 Å². The van der Waals surface area contributed by atoms with Gasteiger partial charge in [-0.05, 0) is 6.92 Å². The minimum Gasteiger partial charge on any atom is -0.462 e. The molecular formula is C13H22N2O9. The first kappa shape index (κ1) is 20.3. The zero-order valence-corrected chi connectivity index (χ0v) is 13.2. The first-order valence-electron chi connectivity index (χ1n) is 7.21. The van der Waals surface area contributed by atoms with Crippen molar-refractivity contribution >= 4 is 17.8 Å². The predicted molar refractivity (Wildman–Crippen MR) is 75.9 cm³/mol. The summed E-state index contributed by atoms with van der Waals surface area (Å²) >= 11 is 0. The second-order valence-electron chi connectivity index (χ2n) is 5.42. The molecule has 7 N–H and O–H groups in total. The molecule has 1 aliphatic rings. The van der Waals surface area contributed by atoms with E-state index in [1.54, 1.807) is 0 Å². The number of amides is 2. The SMILES string of the molecule is CCOC(=O)[C@]1(O)C[C@H](O)[C@@H](NC(C)=O)C([C@H](O)[C@H](O)C(N)=O)O1. The number of hydrogen-bond acceptors (Lipinski definition) is 9. The molecule has 0 aromatic rings. The molecule has 1 saturated heterocycles. The van der Waals surface area contributed by atoms with Crippen LogP contribution >= 0.6 is 0 Å². The van der Waals surface area contributed by atoms with Crippen molar-refractivity contribution in [3.8, 4) is 0 Å². The van der Waals surface area contributed by atoms with Crippen LogP contribution in [-0.4, -0.2) is 81.1 Å². The minimum absolute atomic E-state index is 0.0904. The molecule has 1 fully saturated rings. The molecule has 0 aromatic carbocycles. The highest BCUT2D eigenvalue weighted by Gasteiger charge is 2.54. The fraction of sp³-hybridized carbons (Fsp3) is 0.769. The molecular weight excluding hydrogens is 328 g/mol. The Kier molecular flexibility index (Phi) is 6.63. The van der Waals surface area contributed by atoms with E-state index in [1.165, 1.54) is 6.92 Å². The third-order valence-electron chi connectivity index (χ3n) is 3.50. The first-order valence-corrected chi connectivity index (χ1v) is 7.21. The maximum absolute atomic E-state index is 11.8. The van der Waals surface area contributed by atoms with Crippen LogP contribution in [0.3, 0.4) is 0 Å². The zero-order valence-electron chi connectivity index (χ0n) is 13.2. The Morgan fingerprint density at radius 1 is 1.42 bits per heavy atom. The highest BCUT2D eigenvalue weighted by atomic mass is 16.7. The molecule has 6 atom stereocenters. The number of esters is 1. The molecule has 0 saturated carbocycles. The van der Waals surface area contributed by atoms with Gasteiger partial charge in [-0.25, -0.2) is 4.79 Å². The predicted octanol–water partition coefficient (Wildman–Crippen LogP) is -3.90. The Morgan fingerprint density at radius 3 is 2.46 bits per heavy atom. The zero-order chi connectivity index (χ0) is 18.7. The normalized spacial score (nSPS) is 32.5. The minimum atomic E-state index is -2.63. The van der Waals surface area contributed by atoms with Gasteiger partial charge in [0.05, 0.1) is 18.8 Å². The molecule has 2 amide bonds. The number of hydrogen-bond donors (Lipinski definition) is 6. The average Bonchev–Trinajstić information content (AvgIpc) is 2.48. The number of aliphatic hydroxyl groups is 4. The van der Waals surface area contributed by atoms with Crippen LogP contribution in [0.2, 0.25) is 0 Å². The summed E-state index contributed by atoms with van der Waals surface area (Å²) in [4.78, 5) is 34.1. The van der Waals surface area contributed by atoms with Crippen molar-refractivity contribution in [3.63, 3.8) is 0 Å². The van der Waals surface area contributed by atoms with Crippen molar-refractivity contribution in [2.45, 2.75) is 56.5 Å². The number of aliphatic hydroxyl groups excluding tert-OH is 3. The number of nitrogens with two attached hydrogens (primary N) is 1. The summed E-state index contributed by atoms with van der Waals surface area (Å²) in [6.07, 6.45) is -8.07. The Hall–Kier alpha value is -1.79. The van der Waals surface area contributed by atoms with E-state index in [-0.39, 0.29) is 6.61 Å². The van der Waals surface area contributed by atoms with E-state index in [4.69, 9.17) is 10.5 Å². The van der Waals surface area contributed by atoms with E-state index in [0.717, 1.165) is 6.92 Å². The number of ether oxygens (including phenoxy) is 2. The number of rotatable bonds is 6. The van der Waals surface area contributed by atoms with Crippen molar-refractivity contribution in [1.82, 2.24) is 5.32 Å². The van der Waals surface area contributed by atoms with Crippen molar-refractivity contribution in [3.05, 3.63) is 0 Å². The molecule has 0 bridgehead atoms. The van der Waals surface area contributed by atoms with Gasteiger partial charge in [0.1, 0.15) is 12.2 Å². The van der Waals surface area contributed by atoms with Crippen LogP contribution in [0.4, 0.5) is 0 Å². The number of carbonyl (C=O) groups excluding carboxylic acids is 3. The molecule has 11 nitrogen and oxygen atoms in total. The maximum Gasteiger partial charge on any atom is 0.366 e. The number of carbonyl (C=O) groups is 3. The van der Waals surface area contributed by atoms with Crippen molar-refractivity contribution < 1.29 is 44.3 Å². The van der Waals surface area contributed by atoms with Gasteiger partial charge in [-0.15, -0.1) is 0 Å². The molecule has 0 spiro atoms. The van der Waals surface area contributed by atoms with Crippen LogP contribution in [0.5, 0.6) is 0 Å². The van der Waals surface area contributed by atoms with E-state index >= 15 is 0 Å². The smallest absolute Gasteiger partial charge is 0.366 e. The van der Waals surface area contributed by atoms with Crippen molar-refractivity contribution in [2.24, 2.45) is 5.73 Å². The highest BCUT2D eigenvalue weighted by molar-refractivity contribution is 5.80. The number of primary amides is 1. The second kappa shape index (κ2) is 7.85. The summed E-state index contributed by atoms with van der Waals surface area (Å²) in [5.41, 5.74) is 4.89. The van der Waals surface area contributed by atoms with E-state index in [0.29, 0.717) is 0 Å². The molecule has 1 heterocycles. The Labute approximate surface area is 137 Å². The van der Waals surface area contributed by atoms with Crippen LogP contribution in [0.1, 0.15) is 20.3 Å². The fourth-order valence-electron chi connectivity index (χ4n) is 2.39. The summed E-state index contributed by atoms with van der Waals surface area (Å²) in [5.74, 6) is -5.77. The lowest BCUT2D eigenvalue weighted by Gasteiger charge is -2.44. The molecule has 0 aromatic heterocycles.